The van der Waals surface area contributed by atoms with E-state index >= 15 is 0 Å². The zero-order chi connectivity index (χ0) is 13.8. The van der Waals surface area contributed by atoms with Gasteiger partial charge in [0.2, 0.25) is 5.88 Å². The second-order valence-electron chi connectivity index (χ2n) is 3.60. The molecule has 1 heterocycles. The number of hydrogen-bond acceptors (Lipinski definition) is 3. The maximum Gasteiger partial charge on any atom is 0.339 e. The van der Waals surface area contributed by atoms with Crippen molar-refractivity contribution < 1.29 is 23.4 Å². The summed E-state index contributed by atoms with van der Waals surface area (Å²) < 4.78 is 30.7. The van der Waals surface area contributed by atoms with E-state index < -0.39 is 12.4 Å². The Bertz CT molecular complexity index is 602. The Hall–Kier alpha value is -2.50. The number of carbonyl (C=O) groups is 1. The quantitative estimate of drug-likeness (QED) is 0.918. The van der Waals surface area contributed by atoms with Gasteiger partial charge in [0.25, 0.3) is 6.43 Å². The molecule has 0 saturated heterocycles. The number of rotatable bonds is 4. The van der Waals surface area contributed by atoms with Crippen LogP contribution in [0.2, 0.25) is 0 Å². The number of nitrogens with zero attached hydrogens (tertiary/aromatic N) is 1. The van der Waals surface area contributed by atoms with Crippen LogP contribution in [0.5, 0.6) is 11.6 Å². The summed E-state index contributed by atoms with van der Waals surface area (Å²) in [5.41, 5.74) is -0.504. The van der Waals surface area contributed by atoms with Gasteiger partial charge in [0.05, 0.1) is 5.56 Å². The van der Waals surface area contributed by atoms with Crippen LogP contribution in [0.25, 0.3) is 0 Å². The van der Waals surface area contributed by atoms with Gasteiger partial charge in [0.1, 0.15) is 11.3 Å². The molecule has 98 valence electrons. The SMILES string of the molecule is O=C(O)c1ccccc1Oc1ncccc1C(F)F. The fraction of sp³-hybridized carbons (Fsp3) is 0.0769. The Morgan fingerprint density at radius 2 is 1.95 bits per heavy atom. The summed E-state index contributed by atoms with van der Waals surface area (Å²) in [7, 11) is 0. The minimum atomic E-state index is -2.75. The normalized spacial score (nSPS) is 10.5. The largest absolute Gasteiger partial charge is 0.478 e. The van der Waals surface area contributed by atoms with E-state index in [9.17, 15) is 13.6 Å². The van der Waals surface area contributed by atoms with Crippen LogP contribution in [0.3, 0.4) is 0 Å². The molecule has 1 N–H and O–H groups in total. The van der Waals surface area contributed by atoms with Gasteiger partial charge in [0, 0.05) is 6.20 Å². The lowest BCUT2D eigenvalue weighted by Crippen LogP contribution is -2.01. The molecule has 6 heteroatoms. The number of aromatic carboxylic acids is 1. The van der Waals surface area contributed by atoms with Gasteiger partial charge in [-0.3, -0.25) is 0 Å². The van der Waals surface area contributed by atoms with E-state index in [1.54, 1.807) is 6.07 Å². The van der Waals surface area contributed by atoms with Gasteiger partial charge in [-0.2, -0.15) is 0 Å². The topological polar surface area (TPSA) is 59.4 Å². The van der Waals surface area contributed by atoms with Gasteiger partial charge < -0.3 is 9.84 Å². The molecule has 0 saturated carbocycles. The van der Waals surface area contributed by atoms with E-state index in [0.717, 1.165) is 0 Å². The van der Waals surface area contributed by atoms with Crippen molar-refractivity contribution in [2.24, 2.45) is 0 Å². The molecule has 19 heavy (non-hydrogen) atoms. The third-order valence-electron chi connectivity index (χ3n) is 2.36. The van der Waals surface area contributed by atoms with Gasteiger partial charge in [-0.15, -0.1) is 0 Å². The molecule has 0 amide bonds. The zero-order valence-electron chi connectivity index (χ0n) is 9.59. The van der Waals surface area contributed by atoms with Crippen LogP contribution in [0.4, 0.5) is 8.78 Å². The summed E-state index contributed by atoms with van der Waals surface area (Å²) in [6.07, 6.45) is -1.45. The molecule has 2 aromatic rings. The van der Waals surface area contributed by atoms with Crippen molar-refractivity contribution >= 4 is 5.97 Å². The molecule has 0 aliphatic heterocycles. The Kier molecular flexibility index (Phi) is 3.70. The van der Waals surface area contributed by atoms with Gasteiger partial charge in [-0.1, -0.05) is 12.1 Å². The molecule has 0 radical (unpaired) electrons. The van der Waals surface area contributed by atoms with E-state index in [-0.39, 0.29) is 22.8 Å². The minimum Gasteiger partial charge on any atom is -0.478 e. The number of carboxylic acids is 1. The Balaban J connectivity index is 2.39. The van der Waals surface area contributed by atoms with E-state index in [2.05, 4.69) is 4.98 Å². The van der Waals surface area contributed by atoms with E-state index in [1.807, 2.05) is 0 Å². The molecule has 4 nitrogen and oxygen atoms in total. The first-order chi connectivity index (χ1) is 9.09. The van der Waals surface area contributed by atoms with E-state index in [1.165, 1.54) is 36.5 Å². The summed E-state index contributed by atoms with van der Waals surface area (Å²) >= 11 is 0. The van der Waals surface area contributed by atoms with Gasteiger partial charge in [-0.25, -0.2) is 18.6 Å². The van der Waals surface area contributed by atoms with Crippen LogP contribution in [-0.4, -0.2) is 16.1 Å². The molecule has 0 aliphatic carbocycles. The number of hydrogen-bond donors (Lipinski definition) is 1. The Labute approximate surface area is 107 Å². The number of carboxylic acid groups (broad SMARTS) is 1. The maximum atomic E-state index is 12.8. The highest BCUT2D eigenvalue weighted by Gasteiger charge is 2.18. The number of halogens is 2. The van der Waals surface area contributed by atoms with Gasteiger partial charge >= 0.3 is 5.97 Å². The maximum absolute atomic E-state index is 12.8. The molecule has 0 bridgehead atoms. The number of ether oxygens (including phenoxy) is 1. The number of para-hydroxylation sites is 1. The first kappa shape index (κ1) is 12.9. The van der Waals surface area contributed by atoms with Crippen molar-refractivity contribution in [3.8, 4) is 11.6 Å². The van der Waals surface area contributed by atoms with Crippen molar-refractivity contribution in [2.45, 2.75) is 6.43 Å². The molecule has 0 unspecified atom stereocenters. The van der Waals surface area contributed by atoms with Crippen molar-refractivity contribution in [2.75, 3.05) is 0 Å². The van der Waals surface area contributed by atoms with E-state index in [4.69, 9.17) is 9.84 Å². The Morgan fingerprint density at radius 1 is 1.21 bits per heavy atom. The molecular formula is C13H9F2NO3. The average molecular weight is 265 g/mol. The number of aromatic nitrogens is 1. The summed E-state index contributed by atoms with van der Waals surface area (Å²) in [4.78, 5) is 14.7. The highest BCUT2D eigenvalue weighted by molar-refractivity contribution is 5.90. The van der Waals surface area contributed by atoms with Crippen LogP contribution in [0, 0.1) is 0 Å². The monoisotopic (exact) mass is 265 g/mol. The fourth-order valence-corrected chi connectivity index (χ4v) is 1.49. The number of benzene rings is 1. The zero-order valence-corrected chi connectivity index (χ0v) is 9.59. The number of alkyl halides is 2. The summed E-state index contributed by atoms with van der Waals surface area (Å²) in [5.74, 6) is -1.54. The van der Waals surface area contributed by atoms with Gasteiger partial charge in [-0.05, 0) is 24.3 Å². The average Bonchev–Trinajstić information content (AvgIpc) is 2.39. The lowest BCUT2D eigenvalue weighted by molar-refractivity contribution is 0.0694. The van der Waals surface area contributed by atoms with Crippen molar-refractivity contribution in [3.63, 3.8) is 0 Å². The Morgan fingerprint density at radius 3 is 2.63 bits per heavy atom. The molecular weight excluding hydrogens is 256 g/mol. The lowest BCUT2D eigenvalue weighted by atomic mass is 10.2. The summed E-state index contributed by atoms with van der Waals surface area (Å²) in [5, 5.41) is 8.97. The van der Waals surface area contributed by atoms with Crippen LogP contribution < -0.4 is 4.74 Å². The first-order valence-electron chi connectivity index (χ1n) is 5.33. The lowest BCUT2D eigenvalue weighted by Gasteiger charge is -2.10. The molecule has 0 spiro atoms. The number of pyridine rings is 1. The third-order valence-corrected chi connectivity index (χ3v) is 2.36. The fourth-order valence-electron chi connectivity index (χ4n) is 1.49. The molecule has 0 aliphatic rings. The molecule has 0 fully saturated rings. The highest BCUT2D eigenvalue weighted by Crippen LogP contribution is 2.31. The molecule has 1 aromatic heterocycles. The van der Waals surface area contributed by atoms with Crippen LogP contribution >= 0.6 is 0 Å². The van der Waals surface area contributed by atoms with Crippen molar-refractivity contribution in [1.29, 1.82) is 0 Å². The second kappa shape index (κ2) is 5.43. The predicted molar refractivity (Wildman–Crippen MR) is 62.7 cm³/mol. The summed E-state index contributed by atoms with van der Waals surface area (Å²) in [6, 6.07) is 8.30. The molecule has 2 rings (SSSR count). The second-order valence-corrected chi connectivity index (χ2v) is 3.60. The predicted octanol–water partition coefficient (Wildman–Crippen LogP) is 3.51. The molecule has 1 aromatic carbocycles. The minimum absolute atomic E-state index is 0.0319. The van der Waals surface area contributed by atoms with Crippen LogP contribution in [-0.2, 0) is 0 Å². The molecule has 0 atom stereocenters. The van der Waals surface area contributed by atoms with Crippen molar-refractivity contribution in [3.05, 3.63) is 53.7 Å². The van der Waals surface area contributed by atoms with E-state index in [0.29, 0.717) is 0 Å². The standard InChI is InChI=1S/C13H9F2NO3/c14-11(15)9-5-3-7-16-12(9)19-10-6-2-1-4-8(10)13(17)18/h1-7,11H,(H,17,18). The first-order valence-corrected chi connectivity index (χ1v) is 5.33. The van der Waals surface area contributed by atoms with Crippen LogP contribution in [0.1, 0.15) is 22.3 Å². The summed E-state index contributed by atoms with van der Waals surface area (Å²) in [6.45, 7) is 0. The smallest absolute Gasteiger partial charge is 0.339 e. The third kappa shape index (κ3) is 2.85. The van der Waals surface area contributed by atoms with Crippen molar-refractivity contribution in [1.82, 2.24) is 4.98 Å². The van der Waals surface area contributed by atoms with Crippen LogP contribution in [0.15, 0.2) is 42.6 Å². The van der Waals surface area contributed by atoms with Gasteiger partial charge in [0.15, 0.2) is 0 Å². The highest BCUT2D eigenvalue weighted by atomic mass is 19.3.